The Kier molecular flexibility index (Phi) is 2.40. The fourth-order valence-corrected chi connectivity index (χ4v) is 2.40. The van der Waals surface area contributed by atoms with Crippen LogP contribution in [-0.4, -0.2) is 15.6 Å². The molecule has 0 bridgehead atoms. The molecule has 3 nitrogen and oxygen atoms in total. The second kappa shape index (κ2) is 3.56. The van der Waals surface area contributed by atoms with Gasteiger partial charge in [-0.05, 0) is 25.3 Å². The molecule has 1 aromatic rings. The van der Waals surface area contributed by atoms with Crippen molar-refractivity contribution in [2.75, 3.05) is 0 Å². The molecule has 3 heteroatoms. The van der Waals surface area contributed by atoms with Gasteiger partial charge in [-0.3, -0.25) is 9.48 Å². The van der Waals surface area contributed by atoms with Gasteiger partial charge in [-0.2, -0.15) is 5.10 Å². The van der Waals surface area contributed by atoms with Gasteiger partial charge in [0.05, 0.1) is 6.20 Å². The lowest BCUT2D eigenvalue weighted by atomic mass is 9.85. The molecule has 0 aromatic carbocycles. The maximum Gasteiger partial charge on any atom is 0.133 e. The third-order valence-electron chi connectivity index (χ3n) is 3.05. The Bertz CT molecular complexity index is 335. The summed E-state index contributed by atoms with van der Waals surface area (Å²) in [7, 11) is 1.96. The van der Waals surface area contributed by atoms with Gasteiger partial charge >= 0.3 is 0 Å². The molecule has 0 amide bonds. The number of ketones is 1. The number of hydrogen-bond acceptors (Lipinski definition) is 2. The van der Waals surface area contributed by atoms with Crippen LogP contribution in [0, 0.1) is 6.92 Å². The molecule has 1 unspecified atom stereocenters. The van der Waals surface area contributed by atoms with Crippen LogP contribution < -0.4 is 0 Å². The number of hydrogen-bond donors (Lipinski definition) is 0. The Morgan fingerprint density at radius 3 is 2.93 bits per heavy atom. The predicted octanol–water partition coefficient (Wildman–Crippen LogP) is 1.96. The molecular weight excluding hydrogens is 176 g/mol. The minimum absolute atomic E-state index is 0.404. The molecule has 0 saturated heterocycles. The zero-order valence-electron chi connectivity index (χ0n) is 8.79. The van der Waals surface area contributed by atoms with Gasteiger partial charge < -0.3 is 0 Å². The van der Waals surface area contributed by atoms with Crippen LogP contribution in [0.2, 0.25) is 0 Å². The van der Waals surface area contributed by atoms with Crippen LogP contribution in [-0.2, 0) is 11.8 Å². The highest BCUT2D eigenvalue weighted by Gasteiger charge is 2.24. The highest BCUT2D eigenvalue weighted by atomic mass is 16.1. The molecule has 0 aliphatic heterocycles. The van der Waals surface area contributed by atoms with Crippen molar-refractivity contribution in [3.63, 3.8) is 0 Å². The summed E-state index contributed by atoms with van der Waals surface area (Å²) in [5.41, 5.74) is 2.46. The lowest BCUT2D eigenvalue weighted by Crippen LogP contribution is -2.16. The topological polar surface area (TPSA) is 34.9 Å². The smallest absolute Gasteiger partial charge is 0.133 e. The standard InChI is InChI=1S/C11H16N2O/c1-8-7-12-13(2)11(8)9-4-3-5-10(14)6-9/h7,9H,3-6H2,1-2H3. The van der Waals surface area contributed by atoms with Gasteiger partial charge in [0, 0.05) is 31.5 Å². The first-order valence-corrected chi connectivity index (χ1v) is 5.18. The SMILES string of the molecule is Cc1cnn(C)c1C1CCCC(=O)C1. The third kappa shape index (κ3) is 1.59. The molecule has 1 fully saturated rings. The summed E-state index contributed by atoms with van der Waals surface area (Å²) in [6.45, 7) is 2.07. The van der Waals surface area contributed by atoms with E-state index in [9.17, 15) is 4.79 Å². The van der Waals surface area contributed by atoms with Crippen molar-refractivity contribution in [1.82, 2.24) is 9.78 Å². The van der Waals surface area contributed by atoms with Gasteiger partial charge in [-0.25, -0.2) is 0 Å². The van der Waals surface area contributed by atoms with Gasteiger partial charge in [-0.15, -0.1) is 0 Å². The summed E-state index contributed by atoms with van der Waals surface area (Å²) in [6, 6.07) is 0. The van der Waals surface area contributed by atoms with Gasteiger partial charge in [0.2, 0.25) is 0 Å². The van der Waals surface area contributed by atoms with Crippen molar-refractivity contribution in [3.05, 3.63) is 17.5 Å². The summed E-state index contributed by atoms with van der Waals surface area (Å²) in [6.07, 6.45) is 5.53. The summed E-state index contributed by atoms with van der Waals surface area (Å²) in [5, 5.41) is 4.22. The Labute approximate surface area is 84.1 Å². The lowest BCUT2D eigenvalue weighted by Gasteiger charge is -2.21. The molecule has 1 heterocycles. The number of rotatable bonds is 1. The number of aromatic nitrogens is 2. The van der Waals surface area contributed by atoms with Crippen LogP contribution in [0.5, 0.6) is 0 Å². The van der Waals surface area contributed by atoms with E-state index in [0.717, 1.165) is 19.3 Å². The molecule has 0 N–H and O–H groups in total. The molecule has 1 atom stereocenters. The maximum atomic E-state index is 11.4. The fourth-order valence-electron chi connectivity index (χ4n) is 2.40. The van der Waals surface area contributed by atoms with Crippen LogP contribution in [0.15, 0.2) is 6.20 Å². The fraction of sp³-hybridized carbons (Fsp3) is 0.636. The third-order valence-corrected chi connectivity index (χ3v) is 3.05. The molecule has 76 valence electrons. The zero-order chi connectivity index (χ0) is 10.1. The molecule has 2 rings (SSSR count). The van der Waals surface area contributed by atoms with Gasteiger partial charge in [0.1, 0.15) is 5.78 Å². The number of carbonyl (C=O) groups excluding carboxylic acids is 1. The summed E-state index contributed by atoms with van der Waals surface area (Å²) < 4.78 is 1.92. The molecule has 1 aromatic heterocycles. The first-order valence-electron chi connectivity index (χ1n) is 5.18. The molecule has 1 saturated carbocycles. The van der Waals surface area contributed by atoms with E-state index in [1.807, 2.05) is 17.9 Å². The van der Waals surface area contributed by atoms with Crippen LogP contribution in [0.25, 0.3) is 0 Å². The molecule has 0 spiro atoms. The monoisotopic (exact) mass is 192 g/mol. The van der Waals surface area contributed by atoms with Gasteiger partial charge in [0.15, 0.2) is 0 Å². The van der Waals surface area contributed by atoms with Crippen LogP contribution in [0.4, 0.5) is 0 Å². The highest BCUT2D eigenvalue weighted by Crippen LogP contribution is 2.32. The molecular formula is C11H16N2O. The van der Waals surface area contributed by atoms with Crippen molar-refractivity contribution in [2.45, 2.75) is 38.5 Å². The minimum Gasteiger partial charge on any atom is -0.300 e. The van der Waals surface area contributed by atoms with Crippen molar-refractivity contribution in [3.8, 4) is 0 Å². The van der Waals surface area contributed by atoms with E-state index in [-0.39, 0.29) is 0 Å². The minimum atomic E-state index is 0.404. The van der Waals surface area contributed by atoms with E-state index < -0.39 is 0 Å². The Balaban J connectivity index is 2.25. The lowest BCUT2D eigenvalue weighted by molar-refractivity contribution is -0.120. The molecule has 14 heavy (non-hydrogen) atoms. The number of aryl methyl sites for hydroxylation is 2. The van der Waals surface area contributed by atoms with Crippen molar-refractivity contribution in [2.24, 2.45) is 7.05 Å². The van der Waals surface area contributed by atoms with E-state index in [1.165, 1.54) is 11.3 Å². The molecule has 0 radical (unpaired) electrons. The summed E-state index contributed by atoms with van der Waals surface area (Å²) in [5.74, 6) is 0.811. The van der Waals surface area contributed by atoms with Crippen LogP contribution >= 0.6 is 0 Å². The summed E-state index contributed by atoms with van der Waals surface area (Å²) in [4.78, 5) is 11.4. The average molecular weight is 192 g/mol. The maximum absolute atomic E-state index is 11.4. The van der Waals surface area contributed by atoms with Crippen LogP contribution in [0.1, 0.15) is 42.9 Å². The number of Topliss-reactive ketones (excluding diaryl/α,β-unsaturated/α-hetero) is 1. The Morgan fingerprint density at radius 1 is 1.57 bits per heavy atom. The number of nitrogens with zero attached hydrogens (tertiary/aromatic N) is 2. The average Bonchev–Trinajstić information content (AvgIpc) is 2.46. The Morgan fingerprint density at radius 2 is 2.36 bits per heavy atom. The van der Waals surface area contributed by atoms with E-state index in [1.54, 1.807) is 0 Å². The number of carbonyl (C=O) groups is 1. The van der Waals surface area contributed by atoms with E-state index in [0.29, 0.717) is 18.1 Å². The highest BCUT2D eigenvalue weighted by molar-refractivity contribution is 5.80. The second-order valence-corrected chi connectivity index (χ2v) is 4.17. The van der Waals surface area contributed by atoms with Gasteiger partial charge in [0.25, 0.3) is 0 Å². The zero-order valence-corrected chi connectivity index (χ0v) is 8.79. The van der Waals surface area contributed by atoms with Crippen molar-refractivity contribution < 1.29 is 4.79 Å². The largest absolute Gasteiger partial charge is 0.300 e. The van der Waals surface area contributed by atoms with E-state index >= 15 is 0 Å². The Hall–Kier alpha value is -1.12. The van der Waals surface area contributed by atoms with Crippen LogP contribution in [0.3, 0.4) is 0 Å². The second-order valence-electron chi connectivity index (χ2n) is 4.17. The first kappa shape index (κ1) is 9.44. The molecule has 1 aliphatic rings. The van der Waals surface area contributed by atoms with E-state index in [4.69, 9.17) is 0 Å². The molecule has 1 aliphatic carbocycles. The van der Waals surface area contributed by atoms with Crippen molar-refractivity contribution >= 4 is 5.78 Å². The van der Waals surface area contributed by atoms with E-state index in [2.05, 4.69) is 12.0 Å². The quantitative estimate of drug-likeness (QED) is 0.681. The normalized spacial score (nSPS) is 22.7. The summed E-state index contributed by atoms with van der Waals surface area (Å²) >= 11 is 0. The predicted molar refractivity (Wildman–Crippen MR) is 54.2 cm³/mol. The first-order chi connectivity index (χ1) is 6.68. The van der Waals surface area contributed by atoms with Gasteiger partial charge in [-0.1, -0.05) is 0 Å². The van der Waals surface area contributed by atoms with Crippen molar-refractivity contribution in [1.29, 1.82) is 0 Å².